The van der Waals surface area contributed by atoms with Crippen LogP contribution in [0.25, 0.3) is 22.4 Å². The van der Waals surface area contributed by atoms with Crippen molar-refractivity contribution in [2.75, 3.05) is 11.8 Å². The molecule has 0 bridgehead atoms. The van der Waals surface area contributed by atoms with Gasteiger partial charge in [0.15, 0.2) is 0 Å². The van der Waals surface area contributed by atoms with Crippen molar-refractivity contribution in [2.45, 2.75) is 4.90 Å². The smallest absolute Gasteiger partial charge is 0.339 e. The fourth-order valence-corrected chi connectivity index (χ4v) is 4.54. The number of halogens is 2. The number of fused-ring (bicyclic) bond motifs is 1. The zero-order valence-corrected chi connectivity index (χ0v) is 17.6. The van der Waals surface area contributed by atoms with E-state index in [1.165, 1.54) is 12.1 Å². The molecule has 4 rings (SSSR count). The van der Waals surface area contributed by atoms with Crippen molar-refractivity contribution in [3.05, 3.63) is 77.1 Å². The molecule has 31 heavy (non-hydrogen) atoms. The zero-order valence-electron chi connectivity index (χ0n) is 16.0. The molecule has 0 radical (unpaired) electrons. The molecule has 4 aromatic rings. The van der Waals surface area contributed by atoms with Crippen LogP contribution in [0.3, 0.4) is 0 Å². The molecule has 0 unspecified atom stereocenters. The van der Waals surface area contributed by atoms with Gasteiger partial charge in [0.2, 0.25) is 0 Å². The van der Waals surface area contributed by atoms with Gasteiger partial charge < -0.3 is 9.72 Å². The number of aromatic nitrogens is 2. The Morgan fingerprint density at radius 3 is 2.65 bits per heavy atom. The van der Waals surface area contributed by atoms with Gasteiger partial charge in [-0.05, 0) is 48.5 Å². The van der Waals surface area contributed by atoms with Crippen LogP contribution in [0.2, 0.25) is 5.02 Å². The summed E-state index contributed by atoms with van der Waals surface area (Å²) in [6.45, 7) is 0. The van der Waals surface area contributed by atoms with Crippen molar-refractivity contribution in [3.8, 4) is 11.4 Å². The maximum Gasteiger partial charge on any atom is 0.339 e. The Kier molecular flexibility index (Phi) is 5.38. The third-order valence-electron chi connectivity index (χ3n) is 4.50. The molecule has 0 amide bonds. The van der Waals surface area contributed by atoms with Gasteiger partial charge in [-0.3, -0.25) is 4.72 Å². The third kappa shape index (κ3) is 4.10. The second-order valence-electron chi connectivity index (χ2n) is 6.53. The van der Waals surface area contributed by atoms with Crippen molar-refractivity contribution in [2.24, 2.45) is 0 Å². The van der Waals surface area contributed by atoms with E-state index in [9.17, 15) is 17.6 Å². The lowest BCUT2D eigenvalue weighted by Crippen LogP contribution is -2.18. The molecule has 0 atom stereocenters. The maximum absolute atomic E-state index is 13.7. The molecule has 0 aliphatic heterocycles. The van der Waals surface area contributed by atoms with Gasteiger partial charge >= 0.3 is 5.97 Å². The number of rotatable bonds is 5. The number of sulfonamides is 1. The average molecular weight is 460 g/mol. The Morgan fingerprint density at radius 2 is 1.90 bits per heavy atom. The largest absolute Gasteiger partial charge is 0.465 e. The summed E-state index contributed by atoms with van der Waals surface area (Å²) in [6, 6.07) is 14.6. The molecule has 0 fully saturated rings. The van der Waals surface area contributed by atoms with Gasteiger partial charge in [-0.1, -0.05) is 23.7 Å². The minimum Gasteiger partial charge on any atom is -0.465 e. The number of imidazole rings is 1. The van der Waals surface area contributed by atoms with E-state index in [1.807, 2.05) is 12.1 Å². The summed E-state index contributed by atoms with van der Waals surface area (Å²) < 4.78 is 46.4. The quantitative estimate of drug-likeness (QED) is 0.424. The number of hydrogen-bond donors (Lipinski definition) is 2. The molecule has 1 heterocycles. The lowest BCUT2D eigenvalue weighted by Gasteiger charge is -2.11. The summed E-state index contributed by atoms with van der Waals surface area (Å²) >= 11 is 6.22. The van der Waals surface area contributed by atoms with E-state index in [2.05, 4.69) is 19.4 Å². The van der Waals surface area contributed by atoms with Crippen LogP contribution in [0.5, 0.6) is 0 Å². The van der Waals surface area contributed by atoms with Crippen LogP contribution in [0.1, 0.15) is 10.4 Å². The molecule has 3 aromatic carbocycles. The summed E-state index contributed by atoms with van der Waals surface area (Å²) in [5.74, 6) is -1.17. The van der Waals surface area contributed by atoms with Gasteiger partial charge in [-0.2, -0.15) is 0 Å². The Labute approximate surface area is 181 Å². The summed E-state index contributed by atoms with van der Waals surface area (Å²) in [7, 11) is -3.18. The van der Waals surface area contributed by atoms with Gasteiger partial charge in [0.1, 0.15) is 16.5 Å². The van der Waals surface area contributed by atoms with Crippen molar-refractivity contribution >= 4 is 44.3 Å². The van der Waals surface area contributed by atoms with Crippen LogP contribution < -0.4 is 4.72 Å². The fraction of sp³-hybridized carbons (Fsp3) is 0.0476. The standard InChI is InChI=1S/C21H15ClFN3O4S/c1-30-21(27)15-8-6-12(23)10-19(15)31(28,29)26-13-7-9-17-18(11-13)25-20(24-17)14-4-2-3-5-16(14)22/h2-11,26H,1H3,(H,24,25). The first-order chi connectivity index (χ1) is 14.8. The van der Waals surface area contributed by atoms with E-state index in [0.717, 1.165) is 25.3 Å². The summed E-state index contributed by atoms with van der Waals surface area (Å²) in [4.78, 5) is 19.0. The molecule has 10 heteroatoms. The predicted molar refractivity (Wildman–Crippen MR) is 115 cm³/mol. The average Bonchev–Trinajstić information content (AvgIpc) is 3.16. The minimum absolute atomic E-state index is 0.196. The van der Waals surface area contributed by atoms with Crippen molar-refractivity contribution in [1.82, 2.24) is 9.97 Å². The molecular formula is C21H15ClFN3O4S. The van der Waals surface area contributed by atoms with E-state index in [4.69, 9.17) is 11.6 Å². The van der Waals surface area contributed by atoms with E-state index in [1.54, 1.807) is 18.2 Å². The molecule has 158 valence electrons. The van der Waals surface area contributed by atoms with Crippen LogP contribution in [0.15, 0.2) is 65.6 Å². The highest BCUT2D eigenvalue weighted by Crippen LogP contribution is 2.29. The number of hydrogen-bond acceptors (Lipinski definition) is 5. The SMILES string of the molecule is COC(=O)c1ccc(F)cc1S(=O)(=O)Nc1ccc2nc(-c3ccccc3Cl)[nH]c2c1. The highest BCUT2D eigenvalue weighted by Gasteiger charge is 2.24. The number of nitrogens with one attached hydrogen (secondary N) is 2. The number of anilines is 1. The summed E-state index contributed by atoms with van der Waals surface area (Å²) in [5.41, 5.74) is 1.77. The number of benzene rings is 3. The van der Waals surface area contributed by atoms with Crippen molar-refractivity contribution in [3.63, 3.8) is 0 Å². The molecule has 0 spiro atoms. The Bertz CT molecular complexity index is 1420. The molecular weight excluding hydrogens is 445 g/mol. The number of aromatic amines is 1. The first-order valence-corrected chi connectivity index (χ1v) is 10.8. The van der Waals surface area contributed by atoms with Gasteiger partial charge in [0.05, 0.1) is 34.4 Å². The second kappa shape index (κ2) is 8.01. The normalized spacial score (nSPS) is 11.5. The fourth-order valence-electron chi connectivity index (χ4n) is 3.06. The topological polar surface area (TPSA) is 101 Å². The van der Waals surface area contributed by atoms with Gasteiger partial charge in [0, 0.05) is 5.56 Å². The molecule has 1 aromatic heterocycles. The summed E-state index contributed by atoms with van der Waals surface area (Å²) in [6.07, 6.45) is 0. The first kappa shape index (κ1) is 20.8. The van der Waals surface area contributed by atoms with Crippen LogP contribution in [-0.4, -0.2) is 31.5 Å². The monoisotopic (exact) mass is 459 g/mol. The number of carbonyl (C=O) groups excluding carboxylic acids is 1. The molecule has 0 aliphatic rings. The molecule has 0 saturated carbocycles. The van der Waals surface area contributed by atoms with Crippen LogP contribution in [0.4, 0.5) is 10.1 Å². The number of esters is 1. The van der Waals surface area contributed by atoms with Gasteiger partial charge in [-0.25, -0.2) is 22.6 Å². The highest BCUT2D eigenvalue weighted by molar-refractivity contribution is 7.92. The van der Waals surface area contributed by atoms with Gasteiger partial charge in [-0.15, -0.1) is 0 Å². The van der Waals surface area contributed by atoms with E-state index < -0.39 is 26.7 Å². The van der Waals surface area contributed by atoms with Crippen LogP contribution >= 0.6 is 11.6 Å². The third-order valence-corrected chi connectivity index (χ3v) is 6.25. The molecule has 2 N–H and O–H groups in total. The lowest BCUT2D eigenvalue weighted by atomic mass is 10.2. The summed E-state index contributed by atoms with van der Waals surface area (Å²) in [5, 5.41) is 0.518. The van der Waals surface area contributed by atoms with E-state index in [0.29, 0.717) is 27.4 Å². The minimum atomic E-state index is -4.29. The maximum atomic E-state index is 13.7. The van der Waals surface area contributed by atoms with Gasteiger partial charge in [0.25, 0.3) is 10.0 Å². The Morgan fingerprint density at radius 1 is 1.13 bits per heavy atom. The van der Waals surface area contributed by atoms with Crippen LogP contribution in [-0.2, 0) is 14.8 Å². The lowest BCUT2D eigenvalue weighted by molar-refractivity contribution is 0.0596. The molecule has 0 saturated heterocycles. The number of methoxy groups -OCH3 is 1. The molecule has 7 nitrogen and oxygen atoms in total. The number of ether oxygens (including phenoxy) is 1. The number of carbonyl (C=O) groups is 1. The van der Waals surface area contributed by atoms with Crippen molar-refractivity contribution in [1.29, 1.82) is 0 Å². The molecule has 0 aliphatic carbocycles. The first-order valence-electron chi connectivity index (χ1n) is 8.94. The Hall–Kier alpha value is -3.43. The number of H-pyrrole nitrogens is 1. The van der Waals surface area contributed by atoms with Crippen molar-refractivity contribution < 1.29 is 22.3 Å². The van der Waals surface area contributed by atoms with E-state index >= 15 is 0 Å². The second-order valence-corrected chi connectivity index (χ2v) is 8.59. The van der Waals surface area contributed by atoms with E-state index in [-0.39, 0.29) is 11.3 Å². The van der Waals surface area contributed by atoms with Crippen LogP contribution in [0, 0.1) is 5.82 Å². The number of nitrogens with zero attached hydrogens (tertiary/aromatic N) is 1. The highest BCUT2D eigenvalue weighted by atomic mass is 35.5. The Balaban J connectivity index is 1.71. The predicted octanol–water partition coefficient (Wildman–Crippen LogP) is 4.61. The zero-order chi connectivity index (χ0) is 22.2.